The van der Waals surface area contributed by atoms with Crippen LogP contribution in [-0.4, -0.2) is 76.0 Å². The smallest absolute Gasteiger partial charge is 0.254 e. The molecule has 0 aromatic heterocycles. The van der Waals surface area contributed by atoms with Crippen molar-refractivity contribution in [1.29, 1.82) is 0 Å². The van der Waals surface area contributed by atoms with Crippen molar-refractivity contribution in [2.45, 2.75) is 65.5 Å². The van der Waals surface area contributed by atoms with E-state index in [1.54, 1.807) is 32.5 Å². The molecule has 0 saturated carbocycles. The highest BCUT2D eigenvalue weighted by Gasteiger charge is 2.28. The number of nitrogens with one attached hydrogen (secondary N) is 2. The van der Waals surface area contributed by atoms with E-state index in [0.717, 1.165) is 29.2 Å². The number of Topliss-reactive ketones (excluding diaryl/α,β-unsaturated/α-hetero) is 3. The van der Waals surface area contributed by atoms with Gasteiger partial charge in [0.25, 0.3) is 11.8 Å². The number of ketones is 3. The van der Waals surface area contributed by atoms with Crippen LogP contribution in [0.25, 0.3) is 0 Å². The van der Waals surface area contributed by atoms with Gasteiger partial charge in [-0.3, -0.25) is 33.7 Å². The Morgan fingerprint density at radius 1 is 0.882 bits per heavy atom. The number of hydrogen-bond donors (Lipinski definition) is 2. The van der Waals surface area contributed by atoms with Gasteiger partial charge in [-0.1, -0.05) is 6.92 Å². The summed E-state index contributed by atoms with van der Waals surface area (Å²) >= 11 is 1.58. The molecule has 0 aromatic rings. The summed E-state index contributed by atoms with van der Waals surface area (Å²) in [6, 6.07) is -1.60. The molecular formula is C23H33N3O7S. The second kappa shape index (κ2) is 14.4. The Kier molecular flexibility index (Phi) is 12.4. The van der Waals surface area contributed by atoms with Gasteiger partial charge in [0.15, 0.2) is 11.6 Å². The van der Waals surface area contributed by atoms with Crippen LogP contribution in [0.1, 0.15) is 53.4 Å². The Morgan fingerprint density at radius 3 is 2.06 bits per heavy atom. The molecule has 0 saturated heterocycles. The molecule has 4 amide bonds. The number of imide groups is 1. The highest BCUT2D eigenvalue weighted by atomic mass is 32.2. The summed E-state index contributed by atoms with van der Waals surface area (Å²) in [5.41, 5.74) is 0. The highest BCUT2D eigenvalue weighted by Crippen LogP contribution is 2.10. The maximum Gasteiger partial charge on any atom is 0.254 e. The fraction of sp³-hybridized carbons (Fsp3) is 0.609. The van der Waals surface area contributed by atoms with E-state index in [9.17, 15) is 33.6 Å². The molecule has 188 valence electrons. The molecule has 1 heterocycles. The van der Waals surface area contributed by atoms with Gasteiger partial charge in [-0.25, -0.2) is 0 Å². The van der Waals surface area contributed by atoms with Crippen molar-refractivity contribution in [2.75, 3.05) is 18.1 Å². The van der Waals surface area contributed by atoms with E-state index in [4.69, 9.17) is 0 Å². The minimum Gasteiger partial charge on any atom is -0.346 e. The molecule has 10 nitrogen and oxygen atoms in total. The van der Waals surface area contributed by atoms with E-state index in [0.29, 0.717) is 18.6 Å². The molecule has 2 N–H and O–H groups in total. The normalized spacial score (nSPS) is 15.6. The number of rotatable bonds is 16. The number of amides is 4. The third kappa shape index (κ3) is 10.4. The lowest BCUT2D eigenvalue weighted by molar-refractivity contribution is -0.141. The first-order valence-corrected chi connectivity index (χ1v) is 12.3. The summed E-state index contributed by atoms with van der Waals surface area (Å²) in [7, 11) is 0. The molecule has 3 atom stereocenters. The fourth-order valence-electron chi connectivity index (χ4n) is 3.02. The Balaban J connectivity index is 2.34. The lowest BCUT2D eigenvalue weighted by Gasteiger charge is -2.19. The molecule has 3 unspecified atom stereocenters. The van der Waals surface area contributed by atoms with Gasteiger partial charge in [0.2, 0.25) is 11.8 Å². The molecule has 1 aliphatic heterocycles. The van der Waals surface area contributed by atoms with Crippen LogP contribution in [0.15, 0.2) is 12.2 Å². The lowest BCUT2D eigenvalue weighted by atomic mass is 9.99. The Bertz CT molecular complexity index is 838. The van der Waals surface area contributed by atoms with Gasteiger partial charge < -0.3 is 15.4 Å². The summed E-state index contributed by atoms with van der Waals surface area (Å²) in [4.78, 5) is 83.7. The van der Waals surface area contributed by atoms with Crippen LogP contribution in [0.5, 0.6) is 0 Å². The summed E-state index contributed by atoms with van der Waals surface area (Å²) in [5, 5.41) is 5.04. The van der Waals surface area contributed by atoms with Crippen molar-refractivity contribution < 1.29 is 33.6 Å². The van der Waals surface area contributed by atoms with Crippen molar-refractivity contribution in [3.8, 4) is 0 Å². The number of nitrogens with zero attached hydrogens (tertiary/aromatic N) is 1. The standard InChI is InChI=1S/C23H33N3O7S/c1-14(23(33)25-16(3)18(28)9-11-34-10-5-6-15(2)27)12-19(29)17(4)24-20(30)13-26-21(31)7-8-22(26)32/h7-8,14,16-17H,5-6,9-13H2,1-4H3,(H,24,30)(H,25,33). The molecule has 1 aliphatic rings. The minimum absolute atomic E-state index is 0.118. The quantitative estimate of drug-likeness (QED) is 0.233. The average Bonchev–Trinajstić information content (AvgIpc) is 3.07. The number of hydrogen-bond acceptors (Lipinski definition) is 8. The molecule has 0 fully saturated rings. The Hall–Kier alpha value is -2.82. The van der Waals surface area contributed by atoms with Crippen LogP contribution in [-0.2, 0) is 33.6 Å². The predicted octanol–water partition coefficient (Wildman–Crippen LogP) is 0.578. The maximum atomic E-state index is 12.4. The topological polar surface area (TPSA) is 147 Å². The van der Waals surface area contributed by atoms with Crippen LogP contribution < -0.4 is 10.6 Å². The molecule has 0 bridgehead atoms. The zero-order valence-corrected chi connectivity index (χ0v) is 20.9. The predicted molar refractivity (Wildman–Crippen MR) is 127 cm³/mol. The van der Waals surface area contributed by atoms with Crippen molar-refractivity contribution in [1.82, 2.24) is 15.5 Å². The molecule has 1 rings (SSSR count). The summed E-state index contributed by atoms with van der Waals surface area (Å²) in [6.45, 7) is 5.65. The SMILES string of the molecule is CC(=O)CCCSCCC(=O)C(C)NC(=O)C(C)CC(=O)C(C)NC(=O)CN1C(=O)C=CC1=O. The first-order valence-electron chi connectivity index (χ1n) is 11.2. The highest BCUT2D eigenvalue weighted by molar-refractivity contribution is 7.99. The number of carbonyl (C=O) groups excluding carboxylic acids is 7. The first-order chi connectivity index (χ1) is 15.9. The Labute approximate surface area is 203 Å². The third-order valence-electron chi connectivity index (χ3n) is 5.17. The van der Waals surface area contributed by atoms with Crippen LogP contribution in [0.2, 0.25) is 0 Å². The zero-order chi connectivity index (χ0) is 25.8. The molecule has 11 heteroatoms. The molecule has 0 aromatic carbocycles. The minimum atomic E-state index is -0.914. The second-order valence-electron chi connectivity index (χ2n) is 8.32. The summed E-state index contributed by atoms with van der Waals surface area (Å²) in [5.74, 6) is -1.99. The van der Waals surface area contributed by atoms with Crippen molar-refractivity contribution in [3.63, 3.8) is 0 Å². The van der Waals surface area contributed by atoms with Gasteiger partial charge in [-0.2, -0.15) is 11.8 Å². The molecule has 0 spiro atoms. The van der Waals surface area contributed by atoms with Crippen LogP contribution in [0.3, 0.4) is 0 Å². The van der Waals surface area contributed by atoms with E-state index >= 15 is 0 Å². The van der Waals surface area contributed by atoms with Gasteiger partial charge in [0.05, 0.1) is 12.1 Å². The molecular weight excluding hydrogens is 462 g/mol. The van der Waals surface area contributed by atoms with Crippen LogP contribution in [0.4, 0.5) is 0 Å². The van der Waals surface area contributed by atoms with Crippen molar-refractivity contribution >= 4 is 52.7 Å². The van der Waals surface area contributed by atoms with Crippen LogP contribution >= 0.6 is 11.8 Å². The van der Waals surface area contributed by atoms with Gasteiger partial charge in [0.1, 0.15) is 12.3 Å². The van der Waals surface area contributed by atoms with E-state index < -0.39 is 54.0 Å². The third-order valence-corrected chi connectivity index (χ3v) is 6.24. The second-order valence-corrected chi connectivity index (χ2v) is 9.55. The van der Waals surface area contributed by atoms with E-state index in [2.05, 4.69) is 10.6 Å². The van der Waals surface area contributed by atoms with Crippen molar-refractivity contribution in [3.05, 3.63) is 12.2 Å². The first kappa shape index (κ1) is 29.2. The lowest BCUT2D eigenvalue weighted by Crippen LogP contribution is -2.47. The maximum absolute atomic E-state index is 12.4. The van der Waals surface area contributed by atoms with Gasteiger partial charge in [0, 0.05) is 43.1 Å². The number of thioether (sulfide) groups is 1. The van der Waals surface area contributed by atoms with E-state index in [1.165, 1.54) is 6.92 Å². The van der Waals surface area contributed by atoms with Gasteiger partial charge in [-0.05, 0) is 32.9 Å². The summed E-state index contributed by atoms with van der Waals surface area (Å²) < 4.78 is 0. The van der Waals surface area contributed by atoms with E-state index in [-0.39, 0.29) is 18.0 Å². The monoisotopic (exact) mass is 495 g/mol. The molecule has 0 radical (unpaired) electrons. The van der Waals surface area contributed by atoms with Crippen LogP contribution in [0, 0.1) is 5.92 Å². The molecule has 34 heavy (non-hydrogen) atoms. The molecule has 0 aliphatic carbocycles. The summed E-state index contributed by atoms with van der Waals surface area (Å²) in [6.07, 6.45) is 3.57. The Morgan fingerprint density at radius 2 is 1.47 bits per heavy atom. The van der Waals surface area contributed by atoms with E-state index in [1.807, 2.05) is 0 Å². The van der Waals surface area contributed by atoms with Crippen molar-refractivity contribution in [2.24, 2.45) is 5.92 Å². The van der Waals surface area contributed by atoms with Gasteiger partial charge in [-0.15, -0.1) is 0 Å². The zero-order valence-electron chi connectivity index (χ0n) is 20.0. The fourth-order valence-corrected chi connectivity index (χ4v) is 3.92. The number of carbonyl (C=O) groups is 7. The van der Waals surface area contributed by atoms with Gasteiger partial charge >= 0.3 is 0 Å². The largest absolute Gasteiger partial charge is 0.346 e. The average molecular weight is 496 g/mol.